The average Bonchev–Trinajstić information content (AvgIpc) is 2.46. The molecule has 0 fully saturated rings. The molecule has 0 aliphatic carbocycles. The van der Waals surface area contributed by atoms with Crippen molar-refractivity contribution < 1.29 is 19.6 Å². The quantitative estimate of drug-likeness (QED) is 0.194. The zero-order valence-corrected chi connectivity index (χ0v) is 11.0. The number of azide groups is 2. The normalized spacial score (nSPS) is 9.17. The average molecular weight is 338 g/mol. The number of amides is 1. The van der Waals surface area contributed by atoms with Crippen LogP contribution in [0.3, 0.4) is 0 Å². The number of nitro groups is 3. The van der Waals surface area contributed by atoms with E-state index in [2.05, 4.69) is 20.1 Å². The lowest BCUT2D eigenvalue weighted by molar-refractivity contribution is -0.399. The summed E-state index contributed by atoms with van der Waals surface area (Å²) in [6.45, 7) is 0. The van der Waals surface area contributed by atoms with E-state index in [0.717, 1.165) is 0 Å². The van der Waals surface area contributed by atoms with Gasteiger partial charge < -0.3 is 5.32 Å². The molecule has 1 amide bonds. The van der Waals surface area contributed by atoms with E-state index in [1.807, 2.05) is 0 Å². The Morgan fingerprint density at radius 3 is 1.50 bits per heavy atom. The Morgan fingerprint density at radius 2 is 1.25 bits per heavy atom. The van der Waals surface area contributed by atoms with Gasteiger partial charge in [-0.2, -0.15) is 0 Å². The van der Waals surface area contributed by atoms with Crippen molar-refractivity contribution in [3.8, 4) is 0 Å². The van der Waals surface area contributed by atoms with Crippen LogP contribution < -0.4 is 5.32 Å². The number of rotatable bonds is 7. The maximum absolute atomic E-state index is 11.1. The van der Waals surface area contributed by atoms with E-state index in [0.29, 0.717) is 0 Å². The largest absolute Gasteiger partial charge is 0.317 e. The molecule has 0 radical (unpaired) electrons. The maximum Gasteiger partial charge on any atom is 0.316 e. The molecule has 0 heterocycles. The van der Waals surface area contributed by atoms with Crippen molar-refractivity contribution in [2.45, 2.75) is 0 Å². The SMILES string of the molecule is [N-]=[N+]=Nc1c([N+](=O)[O-])c(N=[N+]=[N-])c([N+](=O)[O-])c(NC=O)c1[N+](=O)[O-]. The third kappa shape index (κ3) is 2.91. The Morgan fingerprint density at radius 1 is 0.875 bits per heavy atom. The molecule has 17 heteroatoms. The highest BCUT2D eigenvalue weighted by atomic mass is 16.6. The molecule has 0 aliphatic heterocycles. The Kier molecular flexibility index (Phi) is 5.11. The lowest BCUT2D eigenvalue weighted by Gasteiger charge is -2.08. The van der Waals surface area contributed by atoms with Crippen molar-refractivity contribution in [3.05, 3.63) is 51.2 Å². The summed E-state index contributed by atoms with van der Waals surface area (Å²) in [4.78, 5) is 44.2. The molecule has 0 aromatic heterocycles. The Hall–Kier alpha value is -4.49. The highest BCUT2D eigenvalue weighted by Gasteiger charge is 2.41. The third-order valence-corrected chi connectivity index (χ3v) is 2.41. The predicted octanol–water partition coefficient (Wildman–Crippen LogP) is 2.86. The topological polar surface area (TPSA) is 256 Å². The van der Waals surface area contributed by atoms with Crippen molar-refractivity contribution in [2.24, 2.45) is 10.2 Å². The van der Waals surface area contributed by atoms with Crippen LogP contribution in [0.5, 0.6) is 0 Å². The number of anilines is 1. The lowest BCUT2D eigenvalue weighted by Crippen LogP contribution is -2.06. The lowest BCUT2D eigenvalue weighted by atomic mass is 10.1. The van der Waals surface area contributed by atoms with Crippen LogP contribution >= 0.6 is 0 Å². The molecular weight excluding hydrogens is 336 g/mol. The number of nitrogens with one attached hydrogen (secondary N) is 1. The zero-order valence-electron chi connectivity index (χ0n) is 11.0. The van der Waals surface area contributed by atoms with Gasteiger partial charge in [0.1, 0.15) is 0 Å². The van der Waals surface area contributed by atoms with Crippen molar-refractivity contribution in [1.82, 2.24) is 0 Å². The minimum absolute atomic E-state index is 0.194. The fraction of sp³-hybridized carbons (Fsp3) is 0. The van der Waals surface area contributed by atoms with Crippen molar-refractivity contribution in [3.63, 3.8) is 0 Å². The number of nitrogens with zero attached hydrogens (tertiary/aromatic N) is 9. The molecule has 1 aromatic rings. The predicted molar refractivity (Wildman–Crippen MR) is 73.7 cm³/mol. The molecule has 17 nitrogen and oxygen atoms in total. The molecule has 0 spiro atoms. The highest BCUT2D eigenvalue weighted by Crippen LogP contribution is 2.55. The summed E-state index contributed by atoms with van der Waals surface area (Å²) < 4.78 is 0. The van der Waals surface area contributed by atoms with Crippen LogP contribution in [0.2, 0.25) is 0 Å². The minimum Gasteiger partial charge on any atom is -0.317 e. The fourth-order valence-electron chi connectivity index (χ4n) is 1.69. The van der Waals surface area contributed by atoms with Gasteiger partial charge in [0, 0.05) is 9.82 Å². The Labute approximate surface area is 128 Å². The van der Waals surface area contributed by atoms with Crippen LogP contribution in [0.4, 0.5) is 34.1 Å². The van der Waals surface area contributed by atoms with E-state index in [-0.39, 0.29) is 6.41 Å². The van der Waals surface area contributed by atoms with Gasteiger partial charge in [-0.25, -0.2) is 0 Å². The van der Waals surface area contributed by atoms with Gasteiger partial charge in [0.15, 0.2) is 17.1 Å². The van der Waals surface area contributed by atoms with E-state index in [1.54, 1.807) is 5.32 Å². The summed E-state index contributed by atoms with van der Waals surface area (Å²) in [6, 6.07) is 0. The Balaban J connectivity index is 4.38. The summed E-state index contributed by atoms with van der Waals surface area (Å²) in [6.07, 6.45) is -0.194. The second-order valence-corrected chi connectivity index (χ2v) is 3.53. The molecule has 122 valence electrons. The van der Waals surface area contributed by atoms with Crippen molar-refractivity contribution in [1.29, 1.82) is 0 Å². The number of benzene rings is 1. The molecule has 0 bridgehead atoms. The van der Waals surface area contributed by atoms with Gasteiger partial charge in [0.2, 0.25) is 6.41 Å². The number of hydrogen-bond acceptors (Lipinski definition) is 9. The zero-order chi connectivity index (χ0) is 18.4. The van der Waals surface area contributed by atoms with E-state index >= 15 is 0 Å². The van der Waals surface area contributed by atoms with E-state index in [9.17, 15) is 35.1 Å². The first-order valence-electron chi connectivity index (χ1n) is 5.29. The molecular formula is C7H2N10O7. The van der Waals surface area contributed by atoms with Gasteiger partial charge in [-0.15, -0.1) is 0 Å². The van der Waals surface area contributed by atoms with Crippen LogP contribution in [-0.2, 0) is 4.79 Å². The van der Waals surface area contributed by atoms with Gasteiger partial charge in [0.25, 0.3) is 0 Å². The monoisotopic (exact) mass is 338 g/mol. The molecule has 1 rings (SSSR count). The number of nitro benzene ring substituents is 3. The first-order chi connectivity index (χ1) is 11.3. The van der Waals surface area contributed by atoms with Crippen molar-refractivity contribution >= 4 is 40.5 Å². The van der Waals surface area contributed by atoms with E-state index in [1.165, 1.54) is 0 Å². The van der Waals surface area contributed by atoms with Crippen LogP contribution in [0.15, 0.2) is 10.2 Å². The van der Waals surface area contributed by atoms with Gasteiger partial charge in [0.05, 0.1) is 14.8 Å². The number of carbonyl (C=O) groups excluding carboxylic acids is 1. The smallest absolute Gasteiger partial charge is 0.316 e. The van der Waals surface area contributed by atoms with Gasteiger partial charge >= 0.3 is 17.1 Å². The molecule has 1 aromatic carbocycles. The van der Waals surface area contributed by atoms with Gasteiger partial charge in [-0.05, 0) is 21.3 Å². The number of hydrogen-bond donors (Lipinski definition) is 1. The fourth-order valence-corrected chi connectivity index (χ4v) is 1.69. The second kappa shape index (κ2) is 6.98. The molecule has 0 aliphatic rings. The van der Waals surface area contributed by atoms with Crippen LogP contribution in [0.25, 0.3) is 20.9 Å². The van der Waals surface area contributed by atoms with Crippen LogP contribution in [0, 0.1) is 30.3 Å². The first-order valence-corrected chi connectivity index (χ1v) is 5.29. The van der Waals surface area contributed by atoms with E-state index in [4.69, 9.17) is 11.1 Å². The van der Waals surface area contributed by atoms with Crippen LogP contribution in [0.1, 0.15) is 0 Å². The second-order valence-electron chi connectivity index (χ2n) is 3.53. The molecule has 1 N–H and O–H groups in total. The molecule has 0 saturated heterocycles. The third-order valence-electron chi connectivity index (χ3n) is 2.41. The summed E-state index contributed by atoms with van der Waals surface area (Å²) in [5, 5.41) is 40.5. The summed E-state index contributed by atoms with van der Waals surface area (Å²) in [7, 11) is 0. The molecule has 0 saturated carbocycles. The minimum atomic E-state index is -1.46. The standard InChI is InChI=1S/C7H2N10O7/c8-13-11-3-5(15(19)20)2(10-1-18)6(16(21)22)4(12-14-9)7(3)17(23)24/h1H,(H,10,18). The molecule has 24 heavy (non-hydrogen) atoms. The Bertz CT molecular complexity index is 808. The summed E-state index contributed by atoms with van der Waals surface area (Å²) in [5.74, 6) is 0. The van der Waals surface area contributed by atoms with Crippen molar-refractivity contribution in [2.75, 3.05) is 5.32 Å². The molecule has 0 atom stereocenters. The van der Waals surface area contributed by atoms with Gasteiger partial charge in [-0.3, -0.25) is 35.1 Å². The van der Waals surface area contributed by atoms with Gasteiger partial charge in [-0.1, -0.05) is 0 Å². The van der Waals surface area contributed by atoms with Crippen LogP contribution in [-0.4, -0.2) is 21.2 Å². The highest BCUT2D eigenvalue weighted by molar-refractivity contribution is 6.00. The summed E-state index contributed by atoms with van der Waals surface area (Å²) in [5.41, 5.74) is 8.91. The molecule has 0 unspecified atom stereocenters. The van der Waals surface area contributed by atoms with E-state index < -0.39 is 48.9 Å². The maximum atomic E-state index is 11.1. The number of carbonyl (C=O) groups is 1. The first kappa shape index (κ1) is 17.6. The summed E-state index contributed by atoms with van der Waals surface area (Å²) >= 11 is 0.